The lowest BCUT2D eigenvalue weighted by atomic mass is 10.4. The average Bonchev–Trinajstić information content (AvgIpc) is 2.28. The largest absolute Gasteiger partial charge is 0.380 e. The highest BCUT2D eigenvalue weighted by atomic mass is 16.5. The Balaban J connectivity index is 2.42. The number of nitrogens with zero attached hydrogens (tertiary/aromatic N) is 2. The molecule has 0 saturated heterocycles. The molecular formula is C10H18N4O. The monoisotopic (exact) mass is 210 g/mol. The molecular weight excluding hydrogens is 192 g/mol. The Bertz CT molecular complexity index is 275. The Morgan fingerprint density at radius 3 is 2.73 bits per heavy atom. The molecule has 0 aliphatic carbocycles. The first-order chi connectivity index (χ1) is 7.26. The van der Waals surface area contributed by atoms with E-state index in [0.717, 1.165) is 24.6 Å². The Hall–Kier alpha value is -1.20. The van der Waals surface area contributed by atoms with E-state index in [0.29, 0.717) is 0 Å². The van der Waals surface area contributed by atoms with E-state index in [4.69, 9.17) is 4.74 Å². The summed E-state index contributed by atoms with van der Waals surface area (Å²) in [5.74, 6) is 0.777. The van der Waals surface area contributed by atoms with Crippen LogP contribution < -0.4 is 10.6 Å². The molecule has 1 atom stereocenters. The SMILES string of the molecule is CNCc1cnc(NCC(C)OC)cn1. The highest BCUT2D eigenvalue weighted by Crippen LogP contribution is 2.01. The highest BCUT2D eigenvalue weighted by molar-refractivity contribution is 5.30. The van der Waals surface area contributed by atoms with Gasteiger partial charge in [-0.05, 0) is 14.0 Å². The molecule has 0 aromatic carbocycles. The molecule has 1 heterocycles. The van der Waals surface area contributed by atoms with Crippen LogP contribution in [0, 0.1) is 0 Å². The maximum absolute atomic E-state index is 5.11. The predicted octanol–water partition coefficient (Wildman–Crippen LogP) is 0.643. The lowest BCUT2D eigenvalue weighted by Crippen LogP contribution is -2.19. The number of nitrogens with one attached hydrogen (secondary N) is 2. The Kier molecular flexibility index (Phi) is 5.00. The van der Waals surface area contributed by atoms with Crippen LogP contribution in [-0.4, -0.2) is 36.8 Å². The summed E-state index contributed by atoms with van der Waals surface area (Å²) in [5.41, 5.74) is 0.933. The minimum absolute atomic E-state index is 0.170. The lowest BCUT2D eigenvalue weighted by Gasteiger charge is -2.10. The zero-order chi connectivity index (χ0) is 11.1. The van der Waals surface area contributed by atoms with E-state index < -0.39 is 0 Å². The van der Waals surface area contributed by atoms with E-state index in [1.54, 1.807) is 19.5 Å². The fraction of sp³-hybridized carbons (Fsp3) is 0.600. The first kappa shape index (κ1) is 11.9. The van der Waals surface area contributed by atoms with Crippen molar-refractivity contribution in [1.82, 2.24) is 15.3 Å². The van der Waals surface area contributed by atoms with E-state index >= 15 is 0 Å². The van der Waals surface area contributed by atoms with Crippen LogP contribution in [0.1, 0.15) is 12.6 Å². The van der Waals surface area contributed by atoms with Crippen molar-refractivity contribution in [2.45, 2.75) is 19.6 Å². The van der Waals surface area contributed by atoms with Crippen LogP contribution in [0.4, 0.5) is 5.82 Å². The first-order valence-electron chi connectivity index (χ1n) is 4.98. The third kappa shape index (κ3) is 4.22. The van der Waals surface area contributed by atoms with Crippen LogP contribution in [0.2, 0.25) is 0 Å². The van der Waals surface area contributed by atoms with E-state index in [1.807, 2.05) is 14.0 Å². The maximum atomic E-state index is 5.11. The summed E-state index contributed by atoms with van der Waals surface area (Å²) >= 11 is 0. The standard InChI is InChI=1S/C10H18N4O/c1-8(15-3)4-13-10-7-12-9(5-11-2)6-14-10/h6-8,11H,4-5H2,1-3H3,(H,13,14). The van der Waals surface area contributed by atoms with Crippen molar-refractivity contribution in [3.8, 4) is 0 Å². The molecule has 0 bridgehead atoms. The summed E-state index contributed by atoms with van der Waals surface area (Å²) in [5, 5.41) is 6.17. The molecule has 1 aromatic heterocycles. The van der Waals surface area contributed by atoms with Gasteiger partial charge in [0.25, 0.3) is 0 Å². The van der Waals surface area contributed by atoms with E-state index in [-0.39, 0.29) is 6.10 Å². The molecule has 1 unspecified atom stereocenters. The summed E-state index contributed by atoms with van der Waals surface area (Å²) < 4.78 is 5.11. The second-order valence-electron chi connectivity index (χ2n) is 3.35. The van der Waals surface area contributed by atoms with Gasteiger partial charge in [-0.15, -0.1) is 0 Å². The number of aromatic nitrogens is 2. The summed E-state index contributed by atoms with van der Waals surface area (Å²) in [6.07, 6.45) is 3.66. The van der Waals surface area contributed by atoms with Gasteiger partial charge in [0.1, 0.15) is 5.82 Å². The summed E-state index contributed by atoms with van der Waals surface area (Å²) in [6, 6.07) is 0. The van der Waals surface area contributed by atoms with Crippen LogP contribution in [0.5, 0.6) is 0 Å². The normalized spacial score (nSPS) is 12.5. The van der Waals surface area contributed by atoms with Gasteiger partial charge in [0, 0.05) is 20.2 Å². The minimum Gasteiger partial charge on any atom is -0.380 e. The van der Waals surface area contributed by atoms with Gasteiger partial charge in [0.2, 0.25) is 0 Å². The maximum Gasteiger partial charge on any atom is 0.144 e. The number of anilines is 1. The van der Waals surface area contributed by atoms with Gasteiger partial charge in [-0.1, -0.05) is 0 Å². The van der Waals surface area contributed by atoms with Gasteiger partial charge in [-0.2, -0.15) is 0 Å². The van der Waals surface area contributed by atoms with Crippen molar-refractivity contribution in [2.75, 3.05) is 26.0 Å². The van der Waals surface area contributed by atoms with Gasteiger partial charge in [0.15, 0.2) is 0 Å². The molecule has 2 N–H and O–H groups in total. The zero-order valence-electron chi connectivity index (χ0n) is 9.45. The van der Waals surface area contributed by atoms with Crippen molar-refractivity contribution >= 4 is 5.82 Å². The van der Waals surface area contributed by atoms with E-state index in [9.17, 15) is 0 Å². The number of ether oxygens (including phenoxy) is 1. The molecule has 0 fully saturated rings. The Morgan fingerprint density at radius 1 is 1.40 bits per heavy atom. The lowest BCUT2D eigenvalue weighted by molar-refractivity contribution is 0.128. The second-order valence-corrected chi connectivity index (χ2v) is 3.35. The van der Waals surface area contributed by atoms with E-state index in [2.05, 4.69) is 20.6 Å². The smallest absolute Gasteiger partial charge is 0.144 e. The van der Waals surface area contributed by atoms with Gasteiger partial charge >= 0.3 is 0 Å². The molecule has 15 heavy (non-hydrogen) atoms. The molecule has 84 valence electrons. The van der Waals surface area contributed by atoms with E-state index in [1.165, 1.54) is 0 Å². The second kappa shape index (κ2) is 6.31. The van der Waals surface area contributed by atoms with Crippen LogP contribution in [0.3, 0.4) is 0 Å². The van der Waals surface area contributed by atoms with Crippen molar-refractivity contribution in [3.05, 3.63) is 18.1 Å². The van der Waals surface area contributed by atoms with Crippen molar-refractivity contribution in [1.29, 1.82) is 0 Å². The topological polar surface area (TPSA) is 59.1 Å². The fourth-order valence-electron chi connectivity index (χ4n) is 1.05. The Morgan fingerprint density at radius 2 is 2.20 bits per heavy atom. The number of methoxy groups -OCH3 is 1. The molecule has 5 heteroatoms. The van der Waals surface area contributed by atoms with Crippen LogP contribution in [0.15, 0.2) is 12.4 Å². The third-order valence-corrected chi connectivity index (χ3v) is 2.04. The molecule has 0 radical (unpaired) electrons. The minimum atomic E-state index is 0.170. The number of rotatable bonds is 6. The van der Waals surface area contributed by atoms with Gasteiger partial charge < -0.3 is 15.4 Å². The summed E-state index contributed by atoms with van der Waals surface area (Å²) in [7, 11) is 3.57. The molecule has 0 aliphatic rings. The molecule has 1 aromatic rings. The van der Waals surface area contributed by atoms with Crippen molar-refractivity contribution in [3.63, 3.8) is 0 Å². The highest BCUT2D eigenvalue weighted by Gasteiger charge is 2.00. The molecule has 0 saturated carbocycles. The molecule has 1 rings (SSSR count). The molecule has 0 amide bonds. The van der Waals surface area contributed by atoms with Crippen LogP contribution in [0.25, 0.3) is 0 Å². The summed E-state index contributed by atoms with van der Waals surface area (Å²) in [6.45, 7) is 3.47. The molecule has 5 nitrogen and oxygen atoms in total. The van der Waals surface area contributed by atoms with Gasteiger partial charge in [-0.25, -0.2) is 4.98 Å². The van der Waals surface area contributed by atoms with Crippen LogP contribution >= 0.6 is 0 Å². The fourth-order valence-corrected chi connectivity index (χ4v) is 1.05. The molecule has 0 aliphatic heterocycles. The van der Waals surface area contributed by atoms with Crippen LogP contribution in [-0.2, 0) is 11.3 Å². The Labute approximate surface area is 90.3 Å². The first-order valence-corrected chi connectivity index (χ1v) is 4.98. The average molecular weight is 210 g/mol. The number of hydrogen-bond donors (Lipinski definition) is 2. The van der Waals surface area contributed by atoms with Crippen molar-refractivity contribution in [2.24, 2.45) is 0 Å². The van der Waals surface area contributed by atoms with Crippen molar-refractivity contribution < 1.29 is 4.74 Å². The van der Waals surface area contributed by atoms with Gasteiger partial charge in [-0.3, -0.25) is 4.98 Å². The van der Waals surface area contributed by atoms with Gasteiger partial charge in [0.05, 0.1) is 24.2 Å². The molecule has 0 spiro atoms. The number of hydrogen-bond acceptors (Lipinski definition) is 5. The quantitative estimate of drug-likeness (QED) is 0.721. The zero-order valence-corrected chi connectivity index (χ0v) is 9.45. The predicted molar refractivity (Wildman–Crippen MR) is 59.8 cm³/mol. The third-order valence-electron chi connectivity index (χ3n) is 2.04. The summed E-state index contributed by atoms with van der Waals surface area (Å²) in [4.78, 5) is 8.48.